The van der Waals surface area contributed by atoms with Gasteiger partial charge in [-0.2, -0.15) is 8.42 Å². The van der Waals surface area contributed by atoms with Gasteiger partial charge in [-0.1, -0.05) is 43.3 Å². The van der Waals surface area contributed by atoms with E-state index in [-0.39, 0.29) is 37.1 Å². The molecule has 0 aromatic heterocycles. The molecule has 2 aromatic rings. The van der Waals surface area contributed by atoms with Crippen LogP contribution < -0.4 is 16.2 Å². The number of phenolic OH excluding ortho intramolecular Hbond substituents is 1. The molecule has 11 heteroatoms. The summed E-state index contributed by atoms with van der Waals surface area (Å²) in [5.74, 6) is 0.321. The minimum atomic E-state index is -4.34. The number of allylic oxidation sites excluding steroid dienone is 1. The molecule has 10 nitrogen and oxygen atoms in total. The van der Waals surface area contributed by atoms with Crippen molar-refractivity contribution in [2.75, 3.05) is 6.61 Å². The molecular weight excluding hydrogens is 498 g/mol. The van der Waals surface area contributed by atoms with E-state index in [0.717, 1.165) is 5.56 Å². The van der Waals surface area contributed by atoms with Crippen LogP contribution in [0, 0.1) is 0 Å². The molecule has 2 aromatic carbocycles. The van der Waals surface area contributed by atoms with Crippen molar-refractivity contribution in [1.82, 2.24) is 0 Å². The molecule has 0 radical (unpaired) electrons. The molecule has 2 rings (SSSR count). The number of nitrogens with two attached hydrogens (primary N) is 2. The average molecular weight is 536 g/mol. The summed E-state index contributed by atoms with van der Waals surface area (Å²) in [6.07, 6.45) is 3.12. The number of ether oxygens (including phenoxy) is 1. The number of guanidine groups is 1. The highest BCUT2D eigenvalue weighted by atomic mass is 32.2. The van der Waals surface area contributed by atoms with Gasteiger partial charge in [0.1, 0.15) is 11.5 Å². The Bertz CT molecular complexity index is 1120. The number of phenols is 1. The van der Waals surface area contributed by atoms with Crippen molar-refractivity contribution in [3.05, 3.63) is 71.8 Å². The first kappa shape index (κ1) is 30.1. The van der Waals surface area contributed by atoms with E-state index < -0.39 is 27.7 Å². The minimum Gasteiger partial charge on any atom is -0.508 e. The van der Waals surface area contributed by atoms with E-state index in [9.17, 15) is 23.2 Å². The molecule has 8 N–H and O–H groups in total. The highest BCUT2D eigenvalue weighted by Gasteiger charge is 2.26. The largest absolute Gasteiger partial charge is 0.508 e. The quantitative estimate of drug-likeness (QED) is 0.0862. The summed E-state index contributed by atoms with van der Waals surface area (Å²) in [7, 11) is -4.34. The summed E-state index contributed by atoms with van der Waals surface area (Å²) in [5.41, 5.74) is 12.3. The number of benzene rings is 2. The molecule has 0 amide bonds. The molecule has 0 unspecified atom stereocenters. The van der Waals surface area contributed by atoms with Gasteiger partial charge >= 0.3 is 0 Å². The summed E-state index contributed by atoms with van der Waals surface area (Å²) >= 11 is 0. The Morgan fingerprint density at radius 3 is 2.24 bits per heavy atom. The third-order valence-corrected chi connectivity index (χ3v) is 7.17. The van der Waals surface area contributed by atoms with Crippen LogP contribution in [-0.4, -0.2) is 52.3 Å². The molecule has 204 valence electrons. The Labute approximate surface area is 218 Å². The molecular formula is C26H37N3O7S. The zero-order valence-electron chi connectivity index (χ0n) is 20.8. The van der Waals surface area contributed by atoms with Gasteiger partial charge in [0.05, 0.1) is 11.4 Å². The van der Waals surface area contributed by atoms with E-state index in [1.807, 2.05) is 19.1 Å². The van der Waals surface area contributed by atoms with Crippen LogP contribution in [-0.2, 0) is 10.1 Å². The number of aliphatic hydroxyl groups excluding tert-OH is 2. The monoisotopic (exact) mass is 535 g/mol. The topological polar surface area (TPSA) is 189 Å². The van der Waals surface area contributed by atoms with Gasteiger partial charge in [0.25, 0.3) is 10.1 Å². The van der Waals surface area contributed by atoms with Crippen molar-refractivity contribution >= 4 is 16.1 Å². The standard InChI is InChI=1S/C26H37N3O7S/c1-2-18(19-10-14-22(15-11-19)36-25(7-4-16-30)29-26(27)28)17-23(37(33,34)35)5-3-6-24(32)20-8-12-21(31)13-9-20/h3,6,8-15,18,23-25,30-32H,2,4-5,7,16-17H2,1H3,(H4,27,28,29)(H,33,34,35)/b6-3+/t18-,23+,24-,25+/m1/s1. The number of hydrogen-bond acceptors (Lipinski definition) is 7. The van der Waals surface area contributed by atoms with Crippen LogP contribution in [0.25, 0.3) is 0 Å². The fourth-order valence-electron chi connectivity index (χ4n) is 3.89. The molecule has 0 aliphatic rings. The smallest absolute Gasteiger partial charge is 0.268 e. The molecule has 0 heterocycles. The Morgan fingerprint density at radius 1 is 1.08 bits per heavy atom. The van der Waals surface area contributed by atoms with Gasteiger partial charge in [0, 0.05) is 13.0 Å². The maximum Gasteiger partial charge on any atom is 0.268 e. The minimum absolute atomic E-state index is 0.0170. The highest BCUT2D eigenvalue weighted by molar-refractivity contribution is 7.86. The number of aliphatic imine (C=N–C) groups is 1. The van der Waals surface area contributed by atoms with E-state index in [4.69, 9.17) is 21.3 Å². The fourth-order valence-corrected chi connectivity index (χ4v) is 4.72. The molecule has 37 heavy (non-hydrogen) atoms. The van der Waals surface area contributed by atoms with Crippen LogP contribution in [0.5, 0.6) is 11.5 Å². The SMILES string of the molecule is CC[C@H](C[C@H](C/C=C/[C@@H](O)c1ccc(O)cc1)S(=O)(=O)O)c1ccc(O[C@@H](CCCO)N=C(N)N)cc1. The number of aliphatic hydroxyl groups is 2. The Balaban J connectivity index is 2.08. The Kier molecular flexibility index (Phi) is 11.9. The molecule has 4 atom stereocenters. The second-order valence-corrected chi connectivity index (χ2v) is 10.4. The van der Waals surface area contributed by atoms with Gasteiger partial charge in [-0.15, -0.1) is 0 Å². The molecule has 0 spiro atoms. The number of rotatable bonds is 15. The normalized spacial score (nSPS) is 15.1. The lowest BCUT2D eigenvalue weighted by atomic mass is 9.91. The Hall–Kier alpha value is -3.12. The highest BCUT2D eigenvalue weighted by Crippen LogP contribution is 2.30. The van der Waals surface area contributed by atoms with Crippen molar-refractivity contribution in [2.24, 2.45) is 16.5 Å². The molecule has 0 aliphatic carbocycles. The van der Waals surface area contributed by atoms with Crippen molar-refractivity contribution in [3.63, 3.8) is 0 Å². The van der Waals surface area contributed by atoms with Crippen LogP contribution in [0.15, 0.2) is 65.7 Å². The maximum atomic E-state index is 12.1. The number of aromatic hydroxyl groups is 1. The van der Waals surface area contributed by atoms with E-state index >= 15 is 0 Å². The zero-order chi connectivity index (χ0) is 27.4. The predicted octanol–water partition coefficient (Wildman–Crippen LogP) is 2.96. The molecule has 0 bridgehead atoms. The lowest BCUT2D eigenvalue weighted by Crippen LogP contribution is -2.27. The van der Waals surface area contributed by atoms with Crippen LogP contribution in [0.1, 0.15) is 62.2 Å². The maximum absolute atomic E-state index is 12.1. The van der Waals surface area contributed by atoms with Crippen molar-refractivity contribution in [1.29, 1.82) is 0 Å². The van der Waals surface area contributed by atoms with Gasteiger partial charge < -0.3 is 31.5 Å². The van der Waals surface area contributed by atoms with Crippen molar-refractivity contribution in [3.8, 4) is 11.5 Å². The van der Waals surface area contributed by atoms with Crippen molar-refractivity contribution in [2.45, 2.75) is 62.5 Å². The summed E-state index contributed by atoms with van der Waals surface area (Å²) < 4.78 is 39.9. The first-order chi connectivity index (χ1) is 17.5. The van der Waals surface area contributed by atoms with Gasteiger partial charge in [0.2, 0.25) is 0 Å². The van der Waals surface area contributed by atoms with E-state index in [1.165, 1.54) is 24.3 Å². The Morgan fingerprint density at radius 2 is 1.70 bits per heavy atom. The first-order valence-electron chi connectivity index (χ1n) is 12.1. The predicted molar refractivity (Wildman–Crippen MR) is 143 cm³/mol. The lowest BCUT2D eigenvalue weighted by Gasteiger charge is -2.21. The summed E-state index contributed by atoms with van der Waals surface area (Å²) in [6.45, 7) is 1.92. The third kappa shape index (κ3) is 10.4. The average Bonchev–Trinajstić information content (AvgIpc) is 2.84. The van der Waals surface area contributed by atoms with Gasteiger partial charge in [-0.3, -0.25) is 4.55 Å². The zero-order valence-corrected chi connectivity index (χ0v) is 21.7. The van der Waals surface area contributed by atoms with E-state index in [2.05, 4.69) is 4.99 Å². The second-order valence-electron chi connectivity index (χ2n) is 8.74. The van der Waals surface area contributed by atoms with Gasteiger partial charge in [-0.25, -0.2) is 4.99 Å². The second kappa shape index (κ2) is 14.6. The molecule has 0 fully saturated rings. The van der Waals surface area contributed by atoms with Gasteiger partial charge in [0.15, 0.2) is 12.2 Å². The summed E-state index contributed by atoms with van der Waals surface area (Å²) in [4.78, 5) is 4.02. The fraction of sp³-hybridized carbons (Fsp3) is 0.423. The van der Waals surface area contributed by atoms with Crippen LogP contribution >= 0.6 is 0 Å². The van der Waals surface area contributed by atoms with Crippen molar-refractivity contribution < 1.29 is 33.0 Å². The third-order valence-electron chi connectivity index (χ3n) is 5.94. The molecule has 0 aliphatic heterocycles. The molecule has 0 saturated heterocycles. The van der Waals surface area contributed by atoms with Crippen LogP contribution in [0.3, 0.4) is 0 Å². The lowest BCUT2D eigenvalue weighted by molar-refractivity contribution is 0.180. The summed E-state index contributed by atoms with van der Waals surface area (Å²) in [6, 6.07) is 13.2. The van der Waals surface area contributed by atoms with Crippen LogP contribution in [0.2, 0.25) is 0 Å². The summed E-state index contributed by atoms with van der Waals surface area (Å²) in [5, 5.41) is 27.7. The van der Waals surface area contributed by atoms with Gasteiger partial charge in [-0.05, 0) is 67.0 Å². The van der Waals surface area contributed by atoms with E-state index in [0.29, 0.717) is 30.6 Å². The van der Waals surface area contributed by atoms with Crippen LogP contribution in [0.4, 0.5) is 0 Å². The molecule has 0 saturated carbocycles. The van der Waals surface area contributed by atoms with E-state index in [1.54, 1.807) is 24.3 Å². The number of hydrogen-bond donors (Lipinski definition) is 6. The number of nitrogens with zero attached hydrogens (tertiary/aromatic N) is 1. The first-order valence-corrected chi connectivity index (χ1v) is 13.6.